The van der Waals surface area contributed by atoms with Crippen molar-refractivity contribution in [2.45, 2.75) is 19.4 Å². The van der Waals surface area contributed by atoms with Crippen molar-refractivity contribution in [2.24, 2.45) is 0 Å². The standard InChI is InChI=1S/C12H16N2O/c1-9-2-4-10(5-3-9)6-12(15)14-11-7-13-8-11/h2-5,11,13H,6-8H2,1H3,(H,14,15). The van der Waals surface area contributed by atoms with Gasteiger partial charge in [-0.2, -0.15) is 0 Å². The molecule has 1 heterocycles. The highest BCUT2D eigenvalue weighted by Gasteiger charge is 2.18. The van der Waals surface area contributed by atoms with Crippen LogP contribution < -0.4 is 10.6 Å². The lowest BCUT2D eigenvalue weighted by Gasteiger charge is -2.27. The van der Waals surface area contributed by atoms with Crippen LogP contribution in [0.4, 0.5) is 0 Å². The van der Waals surface area contributed by atoms with Crippen molar-refractivity contribution in [1.82, 2.24) is 10.6 Å². The molecule has 1 aromatic rings. The number of benzene rings is 1. The van der Waals surface area contributed by atoms with Gasteiger partial charge in [-0.3, -0.25) is 4.79 Å². The molecular weight excluding hydrogens is 188 g/mol. The van der Waals surface area contributed by atoms with E-state index in [-0.39, 0.29) is 5.91 Å². The van der Waals surface area contributed by atoms with E-state index in [2.05, 4.69) is 10.6 Å². The Morgan fingerprint density at radius 1 is 1.40 bits per heavy atom. The van der Waals surface area contributed by atoms with Gasteiger partial charge in [-0.05, 0) is 12.5 Å². The summed E-state index contributed by atoms with van der Waals surface area (Å²) in [5, 5.41) is 6.10. The Morgan fingerprint density at radius 2 is 2.07 bits per heavy atom. The molecule has 2 N–H and O–H groups in total. The predicted octanol–water partition coefficient (Wildman–Crippen LogP) is 0.626. The summed E-state index contributed by atoms with van der Waals surface area (Å²) in [6.45, 7) is 3.85. The molecule has 0 radical (unpaired) electrons. The number of amides is 1. The molecule has 0 bridgehead atoms. The fraction of sp³-hybridized carbons (Fsp3) is 0.417. The Morgan fingerprint density at radius 3 is 2.60 bits per heavy atom. The zero-order chi connectivity index (χ0) is 10.7. The number of hydrogen-bond acceptors (Lipinski definition) is 2. The van der Waals surface area contributed by atoms with E-state index in [4.69, 9.17) is 0 Å². The van der Waals surface area contributed by atoms with Gasteiger partial charge in [0.25, 0.3) is 0 Å². The van der Waals surface area contributed by atoms with Crippen LogP contribution in [0.15, 0.2) is 24.3 Å². The van der Waals surface area contributed by atoms with Crippen LogP contribution in [0.25, 0.3) is 0 Å². The second-order valence-corrected chi connectivity index (χ2v) is 4.09. The molecule has 0 aromatic heterocycles. The molecule has 0 atom stereocenters. The third-order valence-corrected chi connectivity index (χ3v) is 2.63. The number of nitrogens with one attached hydrogen (secondary N) is 2. The van der Waals surface area contributed by atoms with Crippen LogP contribution in [0.2, 0.25) is 0 Å². The number of carbonyl (C=O) groups excluding carboxylic acids is 1. The summed E-state index contributed by atoms with van der Waals surface area (Å²) in [6, 6.07) is 8.42. The van der Waals surface area contributed by atoms with Gasteiger partial charge < -0.3 is 10.6 Å². The summed E-state index contributed by atoms with van der Waals surface area (Å²) in [5.74, 6) is 0.116. The molecule has 1 aromatic carbocycles. The first-order chi connectivity index (χ1) is 7.24. The van der Waals surface area contributed by atoms with Crippen LogP contribution in [0.3, 0.4) is 0 Å². The second kappa shape index (κ2) is 4.45. The van der Waals surface area contributed by atoms with Crippen molar-refractivity contribution in [2.75, 3.05) is 13.1 Å². The highest BCUT2D eigenvalue weighted by molar-refractivity contribution is 5.79. The lowest BCUT2D eigenvalue weighted by molar-refractivity contribution is -0.121. The fourth-order valence-electron chi connectivity index (χ4n) is 1.56. The van der Waals surface area contributed by atoms with E-state index in [9.17, 15) is 4.79 Å². The molecule has 15 heavy (non-hydrogen) atoms. The van der Waals surface area contributed by atoms with Gasteiger partial charge in [-0.1, -0.05) is 29.8 Å². The highest BCUT2D eigenvalue weighted by atomic mass is 16.1. The molecular formula is C12H16N2O. The number of aryl methyl sites for hydroxylation is 1. The summed E-state index contributed by atoms with van der Waals surface area (Å²) in [7, 11) is 0. The monoisotopic (exact) mass is 204 g/mol. The zero-order valence-corrected chi connectivity index (χ0v) is 8.92. The average Bonchev–Trinajstić information content (AvgIpc) is 2.16. The molecule has 3 nitrogen and oxygen atoms in total. The van der Waals surface area contributed by atoms with Gasteiger partial charge >= 0.3 is 0 Å². The van der Waals surface area contributed by atoms with Crippen LogP contribution >= 0.6 is 0 Å². The Labute approximate surface area is 89.9 Å². The molecule has 1 aliphatic heterocycles. The Kier molecular flexibility index (Phi) is 3.02. The first-order valence-electron chi connectivity index (χ1n) is 5.29. The van der Waals surface area contributed by atoms with Crippen molar-refractivity contribution < 1.29 is 4.79 Å². The van der Waals surface area contributed by atoms with Crippen LogP contribution in [0.1, 0.15) is 11.1 Å². The Balaban J connectivity index is 1.84. The lowest BCUT2D eigenvalue weighted by Crippen LogP contribution is -2.57. The second-order valence-electron chi connectivity index (χ2n) is 4.09. The van der Waals surface area contributed by atoms with Crippen molar-refractivity contribution in [3.05, 3.63) is 35.4 Å². The summed E-state index contributed by atoms with van der Waals surface area (Å²) in [4.78, 5) is 11.6. The third kappa shape index (κ3) is 2.80. The van der Waals surface area contributed by atoms with Gasteiger partial charge in [-0.25, -0.2) is 0 Å². The van der Waals surface area contributed by atoms with Crippen molar-refractivity contribution >= 4 is 5.91 Å². The molecule has 1 fully saturated rings. The van der Waals surface area contributed by atoms with Crippen LogP contribution in [-0.4, -0.2) is 25.0 Å². The van der Waals surface area contributed by atoms with Crippen molar-refractivity contribution in [1.29, 1.82) is 0 Å². The molecule has 0 unspecified atom stereocenters. The molecule has 3 heteroatoms. The number of hydrogen-bond donors (Lipinski definition) is 2. The van der Waals surface area contributed by atoms with E-state index in [0.717, 1.165) is 18.7 Å². The summed E-state index contributed by atoms with van der Waals surface area (Å²) < 4.78 is 0. The first-order valence-corrected chi connectivity index (χ1v) is 5.29. The maximum atomic E-state index is 11.6. The van der Waals surface area contributed by atoms with Gasteiger partial charge in [0.2, 0.25) is 5.91 Å². The lowest BCUT2D eigenvalue weighted by atomic mass is 10.1. The van der Waals surface area contributed by atoms with Crippen molar-refractivity contribution in [3.63, 3.8) is 0 Å². The van der Waals surface area contributed by atoms with Gasteiger partial charge in [0.05, 0.1) is 12.5 Å². The topological polar surface area (TPSA) is 41.1 Å². The van der Waals surface area contributed by atoms with Crippen LogP contribution in [0.5, 0.6) is 0 Å². The minimum atomic E-state index is 0.116. The molecule has 1 aliphatic rings. The fourth-order valence-corrected chi connectivity index (χ4v) is 1.56. The molecule has 1 amide bonds. The maximum absolute atomic E-state index is 11.6. The highest BCUT2D eigenvalue weighted by Crippen LogP contribution is 2.04. The summed E-state index contributed by atoms with van der Waals surface area (Å²) in [6.07, 6.45) is 0.483. The average molecular weight is 204 g/mol. The van der Waals surface area contributed by atoms with Gasteiger partial charge in [0.1, 0.15) is 0 Å². The number of carbonyl (C=O) groups is 1. The summed E-state index contributed by atoms with van der Waals surface area (Å²) in [5.41, 5.74) is 2.30. The SMILES string of the molecule is Cc1ccc(CC(=O)NC2CNC2)cc1. The van der Waals surface area contributed by atoms with E-state index < -0.39 is 0 Å². The molecule has 0 spiro atoms. The van der Waals surface area contributed by atoms with Gasteiger partial charge in [-0.15, -0.1) is 0 Å². The van der Waals surface area contributed by atoms with E-state index in [1.54, 1.807) is 0 Å². The molecule has 0 saturated carbocycles. The zero-order valence-electron chi connectivity index (χ0n) is 8.92. The predicted molar refractivity (Wildman–Crippen MR) is 59.7 cm³/mol. The Hall–Kier alpha value is -1.35. The minimum absolute atomic E-state index is 0.116. The van der Waals surface area contributed by atoms with Crippen LogP contribution in [-0.2, 0) is 11.2 Å². The van der Waals surface area contributed by atoms with E-state index in [1.807, 2.05) is 31.2 Å². The first kappa shape index (κ1) is 10.2. The molecule has 2 rings (SSSR count). The Bertz CT molecular complexity index is 341. The maximum Gasteiger partial charge on any atom is 0.224 e. The van der Waals surface area contributed by atoms with E-state index in [1.165, 1.54) is 5.56 Å². The largest absolute Gasteiger partial charge is 0.351 e. The van der Waals surface area contributed by atoms with Gasteiger partial charge in [0.15, 0.2) is 0 Å². The van der Waals surface area contributed by atoms with Crippen LogP contribution in [0, 0.1) is 6.92 Å². The van der Waals surface area contributed by atoms with Crippen molar-refractivity contribution in [3.8, 4) is 0 Å². The number of rotatable bonds is 3. The smallest absolute Gasteiger partial charge is 0.224 e. The normalized spacial score (nSPS) is 15.8. The third-order valence-electron chi connectivity index (χ3n) is 2.63. The minimum Gasteiger partial charge on any atom is -0.351 e. The van der Waals surface area contributed by atoms with E-state index >= 15 is 0 Å². The summed E-state index contributed by atoms with van der Waals surface area (Å²) >= 11 is 0. The molecule has 80 valence electrons. The van der Waals surface area contributed by atoms with E-state index in [0.29, 0.717) is 12.5 Å². The van der Waals surface area contributed by atoms with Gasteiger partial charge in [0, 0.05) is 13.1 Å². The molecule has 1 saturated heterocycles. The quantitative estimate of drug-likeness (QED) is 0.758. The molecule has 0 aliphatic carbocycles.